The summed E-state index contributed by atoms with van der Waals surface area (Å²) in [5.41, 5.74) is 4.58. The van der Waals surface area contributed by atoms with Gasteiger partial charge < -0.3 is 19.3 Å². The number of hydrogen-bond donors (Lipinski definition) is 1. The third-order valence-corrected chi connectivity index (χ3v) is 7.00. The quantitative estimate of drug-likeness (QED) is 0.284. The van der Waals surface area contributed by atoms with E-state index in [4.69, 9.17) is 19.3 Å². The zero-order valence-electron chi connectivity index (χ0n) is 21.2. The Labute approximate surface area is 223 Å². The molecule has 1 heterocycles. The highest BCUT2D eigenvalue weighted by molar-refractivity contribution is 7.90. The van der Waals surface area contributed by atoms with Crippen molar-refractivity contribution in [3.8, 4) is 23.3 Å². The molecule has 0 amide bonds. The van der Waals surface area contributed by atoms with Gasteiger partial charge in [0.05, 0.1) is 25.4 Å². The van der Waals surface area contributed by atoms with Crippen molar-refractivity contribution < 1.29 is 32.5 Å². The van der Waals surface area contributed by atoms with E-state index in [0.29, 0.717) is 44.3 Å². The predicted molar refractivity (Wildman–Crippen MR) is 144 cm³/mol. The van der Waals surface area contributed by atoms with Crippen molar-refractivity contribution in [2.24, 2.45) is 0 Å². The summed E-state index contributed by atoms with van der Waals surface area (Å²) in [5, 5.41) is 9.06. The number of aliphatic carboxylic acids is 1. The Morgan fingerprint density at radius 2 is 1.68 bits per heavy atom. The van der Waals surface area contributed by atoms with Gasteiger partial charge in [0.25, 0.3) is 0 Å². The van der Waals surface area contributed by atoms with E-state index in [1.54, 1.807) is 0 Å². The lowest BCUT2D eigenvalue weighted by atomic mass is 9.98. The molecule has 0 saturated heterocycles. The fourth-order valence-electron chi connectivity index (χ4n) is 4.13. The highest BCUT2D eigenvalue weighted by Crippen LogP contribution is 2.38. The SMILES string of the molecule is CS(=O)(=O)CCCOCc1cccc(C#Cc2cccc(COc3ccc4c(c3)OCC4CC(=O)O)c2)c1. The van der Waals surface area contributed by atoms with Crippen molar-refractivity contribution in [1.29, 1.82) is 0 Å². The molecular weight excluding hydrogens is 504 g/mol. The largest absolute Gasteiger partial charge is 0.492 e. The van der Waals surface area contributed by atoms with Gasteiger partial charge in [-0.1, -0.05) is 42.2 Å². The number of carboxylic acid groups (broad SMARTS) is 1. The molecule has 1 aliphatic rings. The standard InChI is InChI=1S/C30H30O7S/c1-38(33,34)14-4-13-35-19-24-7-2-5-22(15-24)9-10-23-6-3-8-25(16-23)20-36-27-11-12-28-26(17-30(31)32)21-37-29(28)18-27/h2-3,5-8,11-12,15-16,18,26H,4,13-14,17,19-21H2,1H3,(H,31,32). The van der Waals surface area contributed by atoms with Crippen molar-refractivity contribution in [1.82, 2.24) is 0 Å². The number of fused-ring (bicyclic) bond motifs is 1. The van der Waals surface area contributed by atoms with Gasteiger partial charge in [-0.15, -0.1) is 0 Å². The lowest BCUT2D eigenvalue weighted by Crippen LogP contribution is -2.07. The molecule has 0 aromatic heterocycles. The molecule has 0 bridgehead atoms. The van der Waals surface area contributed by atoms with Gasteiger partial charge in [0.1, 0.15) is 27.9 Å². The van der Waals surface area contributed by atoms with E-state index in [9.17, 15) is 13.2 Å². The molecule has 3 aromatic carbocycles. The summed E-state index contributed by atoms with van der Waals surface area (Å²) in [5.74, 6) is 6.87. The maximum Gasteiger partial charge on any atom is 0.304 e. The summed E-state index contributed by atoms with van der Waals surface area (Å²) in [6.07, 6.45) is 1.75. The van der Waals surface area contributed by atoms with Crippen LogP contribution >= 0.6 is 0 Å². The molecule has 8 heteroatoms. The maximum absolute atomic E-state index is 11.2. The van der Waals surface area contributed by atoms with Gasteiger partial charge in [-0.2, -0.15) is 0 Å². The molecule has 0 fully saturated rings. The van der Waals surface area contributed by atoms with E-state index < -0.39 is 15.8 Å². The molecule has 1 atom stereocenters. The fraction of sp³-hybridized carbons (Fsp3) is 0.300. The second kappa shape index (κ2) is 12.6. The first-order chi connectivity index (χ1) is 18.2. The zero-order chi connectivity index (χ0) is 27.0. The van der Waals surface area contributed by atoms with Crippen LogP contribution in [0.3, 0.4) is 0 Å². The minimum absolute atomic E-state index is 0.0480. The lowest BCUT2D eigenvalue weighted by molar-refractivity contribution is -0.137. The van der Waals surface area contributed by atoms with Crippen LogP contribution in [0.4, 0.5) is 0 Å². The van der Waals surface area contributed by atoms with Crippen LogP contribution in [-0.4, -0.2) is 44.7 Å². The number of carbonyl (C=O) groups is 1. The van der Waals surface area contributed by atoms with Crippen molar-refractivity contribution in [2.75, 3.05) is 25.2 Å². The van der Waals surface area contributed by atoms with Gasteiger partial charge >= 0.3 is 5.97 Å². The molecule has 4 rings (SSSR count). The van der Waals surface area contributed by atoms with E-state index in [1.165, 1.54) is 6.26 Å². The van der Waals surface area contributed by atoms with Crippen molar-refractivity contribution >= 4 is 15.8 Å². The van der Waals surface area contributed by atoms with Crippen LogP contribution in [0.2, 0.25) is 0 Å². The van der Waals surface area contributed by atoms with Gasteiger partial charge in [-0.05, 0) is 47.9 Å². The van der Waals surface area contributed by atoms with Crippen LogP contribution in [0, 0.1) is 11.8 Å². The zero-order valence-corrected chi connectivity index (χ0v) is 22.0. The first-order valence-corrected chi connectivity index (χ1v) is 14.4. The van der Waals surface area contributed by atoms with Crippen LogP contribution in [0.15, 0.2) is 66.7 Å². The molecule has 1 unspecified atom stereocenters. The second-order valence-corrected chi connectivity index (χ2v) is 11.5. The number of hydrogen-bond acceptors (Lipinski definition) is 6. The van der Waals surface area contributed by atoms with E-state index in [1.807, 2.05) is 66.7 Å². The van der Waals surface area contributed by atoms with Crippen molar-refractivity contribution in [2.45, 2.75) is 32.0 Å². The molecule has 38 heavy (non-hydrogen) atoms. The highest BCUT2D eigenvalue weighted by Gasteiger charge is 2.26. The van der Waals surface area contributed by atoms with Crippen LogP contribution in [0.5, 0.6) is 11.5 Å². The first kappa shape index (κ1) is 27.2. The van der Waals surface area contributed by atoms with E-state index in [0.717, 1.165) is 27.8 Å². The Bertz CT molecular complexity index is 1450. The summed E-state index contributed by atoms with van der Waals surface area (Å²) >= 11 is 0. The molecule has 0 saturated carbocycles. The summed E-state index contributed by atoms with van der Waals surface area (Å²) in [4.78, 5) is 11.0. The Morgan fingerprint density at radius 1 is 1.00 bits per heavy atom. The van der Waals surface area contributed by atoms with Crippen molar-refractivity contribution in [3.63, 3.8) is 0 Å². The Kier molecular flexibility index (Phi) is 9.06. The lowest BCUT2D eigenvalue weighted by Gasteiger charge is -2.09. The number of rotatable bonds is 11. The van der Waals surface area contributed by atoms with Crippen LogP contribution < -0.4 is 9.47 Å². The van der Waals surface area contributed by atoms with Crippen LogP contribution in [0.25, 0.3) is 0 Å². The molecule has 1 N–H and O–H groups in total. The van der Waals surface area contributed by atoms with Gasteiger partial charge in [0.2, 0.25) is 0 Å². The smallest absolute Gasteiger partial charge is 0.304 e. The number of sulfone groups is 1. The van der Waals surface area contributed by atoms with E-state index in [-0.39, 0.29) is 18.1 Å². The topological polar surface area (TPSA) is 99.1 Å². The minimum atomic E-state index is -2.97. The summed E-state index contributed by atoms with van der Waals surface area (Å²) in [7, 11) is -2.97. The van der Waals surface area contributed by atoms with Crippen LogP contribution in [0.1, 0.15) is 46.6 Å². The average Bonchev–Trinajstić information content (AvgIpc) is 3.27. The number of carboxylic acids is 1. The van der Waals surface area contributed by atoms with Gasteiger partial charge in [-0.25, -0.2) is 8.42 Å². The summed E-state index contributed by atoms with van der Waals surface area (Å²) < 4.78 is 39.6. The molecule has 0 radical (unpaired) electrons. The molecule has 7 nitrogen and oxygen atoms in total. The van der Waals surface area contributed by atoms with Gasteiger partial charge in [-0.3, -0.25) is 4.79 Å². The van der Waals surface area contributed by atoms with E-state index >= 15 is 0 Å². The molecular formula is C30H30O7S. The molecule has 3 aromatic rings. The summed E-state index contributed by atoms with van der Waals surface area (Å²) in [6, 6.07) is 21.1. The third kappa shape index (κ3) is 8.37. The molecule has 198 valence electrons. The van der Waals surface area contributed by atoms with Gasteiger partial charge in [0, 0.05) is 41.5 Å². The average molecular weight is 535 g/mol. The summed E-state index contributed by atoms with van der Waals surface area (Å²) in [6.45, 7) is 1.52. The fourth-order valence-corrected chi connectivity index (χ4v) is 4.77. The first-order valence-electron chi connectivity index (χ1n) is 12.3. The maximum atomic E-state index is 11.2. The molecule has 1 aliphatic heterocycles. The molecule has 0 spiro atoms. The normalized spacial score (nSPS) is 14.2. The van der Waals surface area contributed by atoms with Crippen molar-refractivity contribution in [3.05, 3.63) is 94.5 Å². The molecule has 0 aliphatic carbocycles. The Morgan fingerprint density at radius 3 is 2.34 bits per heavy atom. The number of ether oxygens (including phenoxy) is 3. The predicted octanol–water partition coefficient (Wildman–Crippen LogP) is 4.57. The minimum Gasteiger partial charge on any atom is -0.492 e. The van der Waals surface area contributed by atoms with Crippen LogP contribution in [-0.2, 0) is 32.6 Å². The second-order valence-electron chi connectivity index (χ2n) is 9.28. The Balaban J connectivity index is 1.31. The highest BCUT2D eigenvalue weighted by atomic mass is 32.2. The van der Waals surface area contributed by atoms with E-state index in [2.05, 4.69) is 11.8 Å². The number of benzene rings is 3. The monoisotopic (exact) mass is 534 g/mol. The van der Waals surface area contributed by atoms with Gasteiger partial charge in [0.15, 0.2) is 0 Å². The Hall–Kier alpha value is -3.80. The third-order valence-electron chi connectivity index (χ3n) is 5.97.